The molecule has 5 nitrogen and oxygen atoms in total. The van der Waals surface area contributed by atoms with Gasteiger partial charge in [-0.1, -0.05) is 12.1 Å². The predicted molar refractivity (Wildman–Crippen MR) is 83.8 cm³/mol. The summed E-state index contributed by atoms with van der Waals surface area (Å²) in [6.07, 6.45) is 0. The number of anilines is 1. The first-order valence-electron chi connectivity index (χ1n) is 7.03. The molecule has 0 spiro atoms. The van der Waals surface area contributed by atoms with Crippen molar-refractivity contribution in [2.24, 2.45) is 0 Å². The molecular weight excluding hydrogens is 290 g/mol. The summed E-state index contributed by atoms with van der Waals surface area (Å²) in [6, 6.07) is 7.93. The van der Waals surface area contributed by atoms with E-state index in [9.17, 15) is 9.59 Å². The summed E-state index contributed by atoms with van der Waals surface area (Å²) in [5.41, 5.74) is 2.38. The number of rotatable bonds is 2. The van der Waals surface area contributed by atoms with E-state index in [4.69, 9.17) is 11.6 Å². The van der Waals surface area contributed by atoms with Crippen LogP contribution in [0, 0.1) is 6.92 Å². The van der Waals surface area contributed by atoms with Crippen LogP contribution >= 0.6 is 11.6 Å². The van der Waals surface area contributed by atoms with Crippen molar-refractivity contribution in [3.05, 3.63) is 29.8 Å². The molecule has 1 aromatic carbocycles. The third-order valence-corrected chi connectivity index (χ3v) is 3.72. The number of urea groups is 1. The Morgan fingerprint density at radius 2 is 1.90 bits per heavy atom. The molecule has 1 aliphatic heterocycles. The SMILES string of the molecule is Cc1cccc(N2CCN(C(=O)NC(=O)C(C)Cl)CC2)c1. The molecule has 1 aliphatic rings. The van der Waals surface area contributed by atoms with Crippen LogP contribution in [-0.2, 0) is 4.79 Å². The first-order chi connectivity index (χ1) is 9.97. The van der Waals surface area contributed by atoms with Gasteiger partial charge in [-0.15, -0.1) is 11.6 Å². The molecule has 6 heteroatoms. The van der Waals surface area contributed by atoms with E-state index in [-0.39, 0.29) is 6.03 Å². The van der Waals surface area contributed by atoms with Gasteiger partial charge in [0.05, 0.1) is 0 Å². The average molecular weight is 310 g/mol. The summed E-state index contributed by atoms with van der Waals surface area (Å²) in [4.78, 5) is 27.2. The lowest BCUT2D eigenvalue weighted by Crippen LogP contribution is -2.53. The molecule has 3 amide bonds. The molecule has 1 unspecified atom stereocenters. The third kappa shape index (κ3) is 4.11. The molecule has 21 heavy (non-hydrogen) atoms. The Bertz CT molecular complexity index is 525. The predicted octanol–water partition coefficient (Wildman–Crippen LogP) is 1.98. The minimum Gasteiger partial charge on any atom is -0.368 e. The number of carbonyl (C=O) groups is 2. The summed E-state index contributed by atoms with van der Waals surface area (Å²) in [7, 11) is 0. The van der Waals surface area contributed by atoms with Crippen LogP contribution in [-0.4, -0.2) is 48.4 Å². The topological polar surface area (TPSA) is 52.6 Å². The molecule has 0 bridgehead atoms. The fraction of sp³-hybridized carbons (Fsp3) is 0.467. The van der Waals surface area contributed by atoms with Gasteiger partial charge >= 0.3 is 6.03 Å². The fourth-order valence-electron chi connectivity index (χ4n) is 2.28. The number of benzene rings is 1. The number of nitrogens with zero attached hydrogens (tertiary/aromatic N) is 2. The maximum Gasteiger partial charge on any atom is 0.324 e. The van der Waals surface area contributed by atoms with Gasteiger partial charge < -0.3 is 9.80 Å². The van der Waals surface area contributed by atoms with Crippen LogP contribution in [0.2, 0.25) is 0 Å². The monoisotopic (exact) mass is 309 g/mol. The number of hydrogen-bond acceptors (Lipinski definition) is 3. The van der Waals surface area contributed by atoms with Crippen molar-refractivity contribution in [3.63, 3.8) is 0 Å². The Morgan fingerprint density at radius 3 is 2.48 bits per heavy atom. The molecule has 0 saturated carbocycles. The molecule has 0 aliphatic carbocycles. The third-order valence-electron chi connectivity index (χ3n) is 3.53. The number of halogens is 1. The number of imide groups is 1. The van der Waals surface area contributed by atoms with Crippen molar-refractivity contribution in [1.29, 1.82) is 0 Å². The molecule has 1 saturated heterocycles. The minimum absolute atomic E-state index is 0.364. The number of carbonyl (C=O) groups excluding carboxylic acids is 2. The van der Waals surface area contributed by atoms with Gasteiger partial charge in [0.1, 0.15) is 5.38 Å². The van der Waals surface area contributed by atoms with Crippen LogP contribution in [0.4, 0.5) is 10.5 Å². The molecule has 1 N–H and O–H groups in total. The quantitative estimate of drug-likeness (QED) is 0.850. The number of aryl methyl sites for hydroxylation is 1. The molecule has 0 radical (unpaired) electrons. The lowest BCUT2D eigenvalue weighted by atomic mass is 10.2. The van der Waals surface area contributed by atoms with E-state index < -0.39 is 11.3 Å². The highest BCUT2D eigenvalue weighted by atomic mass is 35.5. The summed E-state index contributed by atoms with van der Waals surface area (Å²) < 4.78 is 0. The smallest absolute Gasteiger partial charge is 0.324 e. The van der Waals surface area contributed by atoms with Gasteiger partial charge in [-0.25, -0.2) is 4.79 Å². The second-order valence-corrected chi connectivity index (χ2v) is 5.88. The van der Waals surface area contributed by atoms with Crippen molar-refractivity contribution in [3.8, 4) is 0 Å². The van der Waals surface area contributed by atoms with Crippen molar-refractivity contribution < 1.29 is 9.59 Å². The zero-order valence-electron chi connectivity index (χ0n) is 12.3. The van der Waals surface area contributed by atoms with E-state index in [0.717, 1.165) is 13.1 Å². The fourth-order valence-corrected chi connectivity index (χ4v) is 2.33. The van der Waals surface area contributed by atoms with Crippen molar-refractivity contribution >= 4 is 29.2 Å². The Labute approximate surface area is 129 Å². The van der Waals surface area contributed by atoms with Crippen LogP contribution in [0.25, 0.3) is 0 Å². The Morgan fingerprint density at radius 1 is 1.24 bits per heavy atom. The average Bonchev–Trinajstić information content (AvgIpc) is 2.47. The number of nitrogens with one attached hydrogen (secondary N) is 1. The summed E-state index contributed by atoms with van der Waals surface area (Å²) >= 11 is 5.64. The summed E-state index contributed by atoms with van der Waals surface area (Å²) in [5, 5.41) is 1.60. The minimum atomic E-state index is -0.706. The maximum absolute atomic E-state index is 11.9. The number of alkyl halides is 1. The highest BCUT2D eigenvalue weighted by molar-refractivity contribution is 6.31. The standard InChI is InChI=1S/C15H20ClN3O2/c1-11-4-3-5-13(10-11)18-6-8-19(9-7-18)15(21)17-14(20)12(2)16/h3-5,10,12H,6-9H2,1-2H3,(H,17,20,21). The number of hydrogen-bond donors (Lipinski definition) is 1. The van der Waals surface area contributed by atoms with Crippen molar-refractivity contribution in [1.82, 2.24) is 10.2 Å². The van der Waals surface area contributed by atoms with Gasteiger partial charge in [-0.3, -0.25) is 10.1 Å². The first kappa shape index (κ1) is 15.6. The first-order valence-corrected chi connectivity index (χ1v) is 7.46. The maximum atomic E-state index is 11.9. The van der Waals surface area contributed by atoms with Gasteiger partial charge in [0.25, 0.3) is 0 Å². The summed E-state index contributed by atoms with van der Waals surface area (Å²) in [5.74, 6) is -0.456. The highest BCUT2D eigenvalue weighted by Gasteiger charge is 2.23. The second-order valence-electron chi connectivity index (χ2n) is 5.22. The van der Waals surface area contributed by atoms with Crippen LogP contribution < -0.4 is 10.2 Å². The molecule has 1 fully saturated rings. The van der Waals surface area contributed by atoms with Gasteiger partial charge in [-0.05, 0) is 31.5 Å². The molecule has 1 aromatic rings. The molecule has 0 aromatic heterocycles. The van der Waals surface area contributed by atoms with Crippen LogP contribution in [0.5, 0.6) is 0 Å². The largest absolute Gasteiger partial charge is 0.368 e. The van der Waals surface area contributed by atoms with E-state index in [1.807, 2.05) is 6.07 Å². The molecule has 1 heterocycles. The normalized spacial score (nSPS) is 16.5. The molecular formula is C15H20ClN3O2. The van der Waals surface area contributed by atoms with Gasteiger partial charge in [0, 0.05) is 31.9 Å². The van der Waals surface area contributed by atoms with Crippen LogP contribution in [0.15, 0.2) is 24.3 Å². The Balaban J connectivity index is 1.88. The number of amides is 3. The highest BCUT2D eigenvalue weighted by Crippen LogP contribution is 2.17. The Hall–Kier alpha value is -1.75. The molecule has 2 rings (SSSR count). The van der Waals surface area contributed by atoms with Gasteiger partial charge in [0.2, 0.25) is 5.91 Å². The van der Waals surface area contributed by atoms with E-state index >= 15 is 0 Å². The Kier molecular flexibility index (Phi) is 5.07. The zero-order chi connectivity index (χ0) is 15.4. The van der Waals surface area contributed by atoms with Crippen molar-refractivity contribution in [2.75, 3.05) is 31.1 Å². The zero-order valence-corrected chi connectivity index (χ0v) is 13.1. The van der Waals surface area contributed by atoms with E-state index in [2.05, 4.69) is 35.3 Å². The molecule has 1 atom stereocenters. The lowest BCUT2D eigenvalue weighted by Gasteiger charge is -2.36. The second kappa shape index (κ2) is 6.80. The van der Waals surface area contributed by atoms with Crippen LogP contribution in [0.1, 0.15) is 12.5 Å². The lowest BCUT2D eigenvalue weighted by molar-refractivity contribution is -0.119. The van der Waals surface area contributed by atoms with Gasteiger partial charge in [-0.2, -0.15) is 0 Å². The summed E-state index contributed by atoms with van der Waals surface area (Å²) in [6.45, 7) is 6.28. The number of piperazine rings is 1. The van der Waals surface area contributed by atoms with Crippen LogP contribution in [0.3, 0.4) is 0 Å². The van der Waals surface area contributed by atoms with Gasteiger partial charge in [0.15, 0.2) is 0 Å². The molecule has 114 valence electrons. The van der Waals surface area contributed by atoms with E-state index in [1.54, 1.807) is 11.8 Å². The van der Waals surface area contributed by atoms with E-state index in [0.29, 0.717) is 13.1 Å². The van der Waals surface area contributed by atoms with E-state index in [1.165, 1.54) is 11.3 Å². The van der Waals surface area contributed by atoms with Crippen molar-refractivity contribution in [2.45, 2.75) is 19.2 Å².